The molecule has 33 heavy (non-hydrogen) atoms. The van der Waals surface area contributed by atoms with Gasteiger partial charge in [0.1, 0.15) is 5.60 Å². The molecule has 0 aromatic heterocycles. The first-order valence-corrected chi connectivity index (χ1v) is 12.7. The lowest BCUT2D eigenvalue weighted by molar-refractivity contribution is -0.177. The van der Waals surface area contributed by atoms with Crippen LogP contribution in [0.1, 0.15) is 83.3 Å². The highest BCUT2D eigenvalue weighted by atomic mass is 16.5. The fourth-order valence-corrected chi connectivity index (χ4v) is 6.66. The average molecular weight is 458 g/mol. The van der Waals surface area contributed by atoms with Crippen LogP contribution in [0.4, 0.5) is 0 Å². The van der Waals surface area contributed by atoms with Crippen molar-refractivity contribution < 1.29 is 24.1 Å². The standard InChI is InChI=1S/C27H39NO5/c1-25(2)20-16-26(18-32-23(20)19-8-7-9-21(31-3)24(19)33-25)12-14-28(15-13-26)22(29)17-27(30)10-5-4-6-11-27/h7-9,20,23,30H,4-6,10-18H2,1-3H3/t20-,23+/m0/s1. The lowest BCUT2D eigenvalue weighted by Crippen LogP contribution is -2.55. The molecule has 1 spiro atoms. The van der Waals surface area contributed by atoms with Gasteiger partial charge in [0.2, 0.25) is 5.91 Å². The van der Waals surface area contributed by atoms with Crippen molar-refractivity contribution in [3.63, 3.8) is 0 Å². The predicted molar refractivity (Wildman–Crippen MR) is 125 cm³/mol. The summed E-state index contributed by atoms with van der Waals surface area (Å²) in [7, 11) is 1.68. The smallest absolute Gasteiger partial charge is 0.225 e. The van der Waals surface area contributed by atoms with E-state index in [1.807, 2.05) is 17.0 Å². The van der Waals surface area contributed by atoms with Gasteiger partial charge in [0.05, 0.1) is 31.8 Å². The molecule has 1 N–H and O–H groups in total. The summed E-state index contributed by atoms with van der Waals surface area (Å²) >= 11 is 0. The number of rotatable bonds is 3. The van der Waals surface area contributed by atoms with Crippen molar-refractivity contribution in [2.75, 3.05) is 26.8 Å². The van der Waals surface area contributed by atoms with Gasteiger partial charge in [0.25, 0.3) is 0 Å². The number of hydrogen-bond acceptors (Lipinski definition) is 5. The molecule has 3 heterocycles. The maximum absolute atomic E-state index is 13.0. The minimum atomic E-state index is -0.788. The molecule has 0 bridgehead atoms. The molecular formula is C27H39NO5. The van der Waals surface area contributed by atoms with Crippen LogP contribution in [0, 0.1) is 11.3 Å². The summed E-state index contributed by atoms with van der Waals surface area (Å²) in [6, 6.07) is 6.05. The topological polar surface area (TPSA) is 68.2 Å². The van der Waals surface area contributed by atoms with E-state index in [9.17, 15) is 9.90 Å². The van der Waals surface area contributed by atoms with Crippen molar-refractivity contribution in [2.45, 2.75) is 88.9 Å². The Labute approximate surface area is 197 Å². The van der Waals surface area contributed by atoms with Crippen LogP contribution in [-0.4, -0.2) is 53.9 Å². The first-order valence-electron chi connectivity index (χ1n) is 12.7. The van der Waals surface area contributed by atoms with Crippen LogP contribution in [-0.2, 0) is 9.53 Å². The third-order valence-corrected chi connectivity index (χ3v) is 8.82. The number of piperidine rings is 1. The monoisotopic (exact) mass is 457 g/mol. The Hall–Kier alpha value is -1.79. The predicted octanol–water partition coefficient (Wildman–Crippen LogP) is 4.64. The molecule has 2 saturated heterocycles. The maximum atomic E-state index is 13.0. The van der Waals surface area contributed by atoms with Gasteiger partial charge >= 0.3 is 0 Å². The van der Waals surface area contributed by atoms with Crippen LogP contribution >= 0.6 is 0 Å². The van der Waals surface area contributed by atoms with Gasteiger partial charge in [0, 0.05) is 24.6 Å². The van der Waals surface area contributed by atoms with Gasteiger partial charge in [0.15, 0.2) is 11.5 Å². The van der Waals surface area contributed by atoms with E-state index in [1.165, 1.54) is 6.42 Å². The van der Waals surface area contributed by atoms with Gasteiger partial charge in [-0.1, -0.05) is 31.4 Å². The van der Waals surface area contributed by atoms with Crippen LogP contribution in [0.15, 0.2) is 18.2 Å². The van der Waals surface area contributed by atoms with Gasteiger partial charge in [-0.2, -0.15) is 0 Å². The van der Waals surface area contributed by atoms with Gasteiger partial charge < -0.3 is 24.2 Å². The molecule has 6 heteroatoms. The number of methoxy groups -OCH3 is 1. The molecule has 1 saturated carbocycles. The lowest BCUT2D eigenvalue weighted by Gasteiger charge is -2.54. The fourth-order valence-electron chi connectivity index (χ4n) is 6.66. The summed E-state index contributed by atoms with van der Waals surface area (Å²) in [5, 5.41) is 10.8. The number of carbonyl (C=O) groups excluding carboxylic acids is 1. The number of hydrogen-bond donors (Lipinski definition) is 1. The second-order valence-corrected chi connectivity index (χ2v) is 11.5. The van der Waals surface area contributed by atoms with Crippen molar-refractivity contribution in [3.8, 4) is 11.5 Å². The van der Waals surface area contributed by atoms with Crippen LogP contribution in [0.25, 0.3) is 0 Å². The van der Waals surface area contributed by atoms with E-state index < -0.39 is 5.60 Å². The molecule has 5 rings (SSSR count). The summed E-state index contributed by atoms with van der Waals surface area (Å²) in [5.74, 6) is 1.93. The Morgan fingerprint density at radius 3 is 2.58 bits per heavy atom. The third kappa shape index (κ3) is 4.25. The normalized spacial score (nSPS) is 29.5. The summed E-state index contributed by atoms with van der Waals surface area (Å²) < 4.78 is 18.6. The quantitative estimate of drug-likeness (QED) is 0.716. The molecule has 2 atom stereocenters. The molecule has 0 unspecified atom stereocenters. The molecule has 1 aromatic rings. The van der Waals surface area contributed by atoms with Crippen LogP contribution in [0.5, 0.6) is 11.5 Å². The van der Waals surface area contributed by atoms with Gasteiger partial charge in [-0.15, -0.1) is 0 Å². The number of nitrogens with zero attached hydrogens (tertiary/aromatic N) is 1. The van der Waals surface area contributed by atoms with Crippen molar-refractivity contribution in [3.05, 3.63) is 23.8 Å². The molecule has 3 fully saturated rings. The zero-order chi connectivity index (χ0) is 23.3. The highest BCUT2D eigenvalue weighted by Crippen LogP contribution is 2.57. The maximum Gasteiger partial charge on any atom is 0.225 e. The molecule has 1 aliphatic carbocycles. The molecular weight excluding hydrogens is 418 g/mol. The Morgan fingerprint density at radius 1 is 1.15 bits per heavy atom. The van der Waals surface area contributed by atoms with Crippen molar-refractivity contribution in [2.24, 2.45) is 11.3 Å². The zero-order valence-corrected chi connectivity index (χ0v) is 20.4. The Kier molecular flexibility index (Phi) is 5.89. The summed E-state index contributed by atoms with van der Waals surface area (Å²) in [6.07, 6.45) is 7.95. The summed E-state index contributed by atoms with van der Waals surface area (Å²) in [6.45, 7) is 6.54. The van der Waals surface area contributed by atoms with Gasteiger partial charge in [-0.25, -0.2) is 0 Å². The van der Waals surface area contributed by atoms with Crippen LogP contribution < -0.4 is 9.47 Å². The molecule has 0 radical (unpaired) electrons. The second kappa shape index (κ2) is 8.46. The Balaban J connectivity index is 1.26. The lowest BCUT2D eigenvalue weighted by atomic mass is 9.64. The summed E-state index contributed by atoms with van der Waals surface area (Å²) in [5.41, 5.74) is 0.0128. The van der Waals surface area contributed by atoms with Gasteiger partial charge in [-0.05, 0) is 57.4 Å². The van der Waals surface area contributed by atoms with Gasteiger partial charge in [-0.3, -0.25) is 4.79 Å². The minimum absolute atomic E-state index is 0.00434. The molecule has 6 nitrogen and oxygen atoms in total. The molecule has 1 aromatic carbocycles. The van der Waals surface area contributed by atoms with E-state index in [1.54, 1.807) is 7.11 Å². The van der Waals surface area contributed by atoms with Crippen molar-refractivity contribution in [1.29, 1.82) is 0 Å². The molecule has 182 valence electrons. The van der Waals surface area contributed by atoms with E-state index in [0.29, 0.717) is 6.61 Å². The number of ether oxygens (including phenoxy) is 3. The molecule has 1 amide bonds. The van der Waals surface area contributed by atoms with Crippen molar-refractivity contribution >= 4 is 5.91 Å². The van der Waals surface area contributed by atoms with Crippen molar-refractivity contribution in [1.82, 2.24) is 4.90 Å². The number of likely N-dealkylation sites (tertiary alicyclic amines) is 1. The van der Waals surface area contributed by atoms with E-state index in [2.05, 4.69) is 19.9 Å². The van der Waals surface area contributed by atoms with Crippen LogP contribution in [0.3, 0.4) is 0 Å². The SMILES string of the molecule is COc1cccc2c1OC(C)(C)[C@H]1CC3(CCN(C(=O)CC4(O)CCCCC4)CC3)CO[C@H]21. The second-order valence-electron chi connectivity index (χ2n) is 11.5. The largest absolute Gasteiger partial charge is 0.493 e. The third-order valence-electron chi connectivity index (χ3n) is 8.82. The number of amides is 1. The highest BCUT2D eigenvalue weighted by molar-refractivity contribution is 5.77. The highest BCUT2D eigenvalue weighted by Gasteiger charge is 2.53. The number of carbonyl (C=O) groups is 1. The number of fused-ring (bicyclic) bond motifs is 3. The number of benzene rings is 1. The zero-order valence-electron chi connectivity index (χ0n) is 20.4. The fraction of sp³-hybridized carbons (Fsp3) is 0.741. The van der Waals surface area contributed by atoms with E-state index in [4.69, 9.17) is 14.2 Å². The summed E-state index contributed by atoms with van der Waals surface area (Å²) in [4.78, 5) is 15.0. The van der Waals surface area contributed by atoms with E-state index >= 15 is 0 Å². The van der Waals surface area contributed by atoms with E-state index in [0.717, 1.165) is 75.1 Å². The van der Waals surface area contributed by atoms with E-state index in [-0.39, 0.29) is 35.4 Å². The van der Waals surface area contributed by atoms with Crippen LogP contribution in [0.2, 0.25) is 0 Å². The average Bonchev–Trinajstić information content (AvgIpc) is 2.79. The Morgan fingerprint density at radius 2 is 1.88 bits per heavy atom. The Bertz CT molecular complexity index is 882. The minimum Gasteiger partial charge on any atom is -0.493 e. The molecule has 3 aliphatic heterocycles. The number of aliphatic hydroxyl groups is 1. The first-order chi connectivity index (χ1) is 15.7. The molecule has 4 aliphatic rings. The first kappa shape index (κ1) is 23.0. The number of para-hydroxylation sites is 1.